The molecule has 3 aliphatic rings. The Morgan fingerprint density at radius 1 is 1.27 bits per heavy atom. The highest BCUT2D eigenvalue weighted by Gasteiger charge is 2.45. The number of likely N-dealkylation sites (N-methyl/N-ethyl adjacent to an activating group) is 1. The molecule has 0 aromatic carbocycles. The molecule has 142 valence electrons. The fourth-order valence-corrected chi connectivity index (χ4v) is 4.70. The number of pyridine rings is 1. The largest absolute Gasteiger partial charge is 0.376 e. The first-order valence-electron chi connectivity index (χ1n) is 10.0. The van der Waals surface area contributed by atoms with E-state index in [0.717, 1.165) is 49.7 Å². The highest BCUT2D eigenvalue weighted by molar-refractivity contribution is 5.95. The molecule has 2 aliphatic carbocycles. The van der Waals surface area contributed by atoms with Crippen molar-refractivity contribution in [2.45, 2.75) is 44.8 Å². The molecule has 26 heavy (non-hydrogen) atoms. The number of likely N-dealkylation sites (tertiary alicyclic amines) is 1. The van der Waals surface area contributed by atoms with Gasteiger partial charge in [0.15, 0.2) is 0 Å². The third kappa shape index (κ3) is 3.65. The van der Waals surface area contributed by atoms with Crippen molar-refractivity contribution in [3.05, 3.63) is 29.6 Å². The number of ether oxygens (including phenoxy) is 1. The first kappa shape index (κ1) is 17.9. The highest BCUT2D eigenvalue weighted by Crippen LogP contribution is 2.40. The van der Waals surface area contributed by atoms with Gasteiger partial charge in [-0.1, -0.05) is 0 Å². The van der Waals surface area contributed by atoms with Crippen molar-refractivity contribution in [3.8, 4) is 0 Å². The third-order valence-corrected chi connectivity index (χ3v) is 6.52. The third-order valence-electron chi connectivity index (χ3n) is 6.52. The number of fused-ring (bicyclic) bond motifs is 1. The van der Waals surface area contributed by atoms with E-state index in [1.807, 2.05) is 19.1 Å². The van der Waals surface area contributed by atoms with E-state index in [1.165, 1.54) is 12.8 Å². The van der Waals surface area contributed by atoms with Crippen LogP contribution in [0.25, 0.3) is 0 Å². The maximum absolute atomic E-state index is 13.0. The van der Waals surface area contributed by atoms with Crippen LogP contribution in [0.5, 0.6) is 0 Å². The summed E-state index contributed by atoms with van der Waals surface area (Å²) in [6.45, 7) is 4.57. The van der Waals surface area contributed by atoms with Gasteiger partial charge in [0.1, 0.15) is 0 Å². The summed E-state index contributed by atoms with van der Waals surface area (Å²) in [5.41, 5.74) is 1.57. The van der Waals surface area contributed by atoms with Gasteiger partial charge in [0, 0.05) is 37.6 Å². The van der Waals surface area contributed by atoms with Crippen LogP contribution in [0.1, 0.15) is 41.7 Å². The molecule has 1 saturated heterocycles. The zero-order valence-electron chi connectivity index (χ0n) is 16.2. The molecule has 0 radical (unpaired) electrons. The number of hydrogen-bond acceptors (Lipinski definition) is 4. The molecule has 5 nitrogen and oxygen atoms in total. The molecule has 4 atom stereocenters. The van der Waals surface area contributed by atoms with Crippen LogP contribution in [0.3, 0.4) is 0 Å². The van der Waals surface area contributed by atoms with E-state index in [-0.39, 0.29) is 5.91 Å². The molecule has 0 bridgehead atoms. The molecule has 5 heteroatoms. The molecule has 0 spiro atoms. The summed E-state index contributed by atoms with van der Waals surface area (Å²) in [7, 11) is 4.32. The molecule has 0 N–H and O–H groups in total. The second-order valence-corrected chi connectivity index (χ2v) is 8.68. The number of amides is 1. The van der Waals surface area contributed by atoms with Crippen LogP contribution in [-0.4, -0.2) is 66.6 Å². The normalized spacial score (nSPS) is 31.3. The quantitative estimate of drug-likeness (QED) is 0.813. The summed E-state index contributed by atoms with van der Waals surface area (Å²) in [5, 5.41) is 0. The smallest absolute Gasteiger partial charge is 0.255 e. The standard InChI is InChI=1S/C21H31N3O2/c1-14-18(5-4-8-22-14)21(25)24-11-16-9-19(23(2)3)20(10-17(16)12-24)26-13-15-6-7-15/h4-5,8,15-17,19-20H,6-7,9-13H2,1-3H3/t16-,17+,19-,20-/m1/s1. The topological polar surface area (TPSA) is 45.7 Å². The van der Waals surface area contributed by atoms with Crippen molar-refractivity contribution in [1.82, 2.24) is 14.8 Å². The fourth-order valence-electron chi connectivity index (χ4n) is 4.70. The number of aromatic nitrogens is 1. The Hall–Kier alpha value is -1.46. The molecule has 0 unspecified atom stereocenters. The lowest BCUT2D eigenvalue weighted by molar-refractivity contribution is -0.0493. The van der Waals surface area contributed by atoms with Crippen molar-refractivity contribution in [2.24, 2.45) is 17.8 Å². The zero-order valence-corrected chi connectivity index (χ0v) is 16.2. The number of nitrogens with zero attached hydrogens (tertiary/aromatic N) is 3. The lowest BCUT2D eigenvalue weighted by Gasteiger charge is -2.41. The van der Waals surface area contributed by atoms with Crippen LogP contribution in [0, 0.1) is 24.7 Å². The monoisotopic (exact) mass is 357 g/mol. The molecule has 2 saturated carbocycles. The van der Waals surface area contributed by atoms with Crippen molar-refractivity contribution < 1.29 is 9.53 Å². The minimum atomic E-state index is 0.141. The van der Waals surface area contributed by atoms with Gasteiger partial charge in [-0.15, -0.1) is 0 Å². The number of aryl methyl sites for hydroxylation is 1. The average molecular weight is 357 g/mol. The van der Waals surface area contributed by atoms with E-state index >= 15 is 0 Å². The Balaban J connectivity index is 1.44. The minimum Gasteiger partial charge on any atom is -0.376 e. The maximum atomic E-state index is 13.0. The fraction of sp³-hybridized carbons (Fsp3) is 0.714. The Labute approximate surface area is 156 Å². The van der Waals surface area contributed by atoms with Crippen LogP contribution in [-0.2, 0) is 4.74 Å². The molecule has 2 heterocycles. The molecular formula is C21H31N3O2. The highest BCUT2D eigenvalue weighted by atomic mass is 16.5. The van der Waals surface area contributed by atoms with Gasteiger partial charge >= 0.3 is 0 Å². The van der Waals surface area contributed by atoms with Crippen LogP contribution < -0.4 is 0 Å². The Morgan fingerprint density at radius 3 is 2.65 bits per heavy atom. The lowest BCUT2D eigenvalue weighted by Crippen LogP contribution is -2.48. The first-order valence-corrected chi connectivity index (χ1v) is 10.0. The second kappa shape index (κ2) is 7.28. The molecular weight excluding hydrogens is 326 g/mol. The zero-order chi connectivity index (χ0) is 18.3. The van der Waals surface area contributed by atoms with Gasteiger partial charge in [0.2, 0.25) is 0 Å². The van der Waals surface area contributed by atoms with Crippen molar-refractivity contribution in [2.75, 3.05) is 33.8 Å². The van der Waals surface area contributed by atoms with Crippen molar-refractivity contribution in [3.63, 3.8) is 0 Å². The van der Waals surface area contributed by atoms with Gasteiger partial charge in [0.05, 0.1) is 11.7 Å². The molecule has 1 aromatic rings. The minimum absolute atomic E-state index is 0.141. The van der Waals surface area contributed by atoms with Gasteiger partial charge in [-0.25, -0.2) is 0 Å². The predicted octanol–water partition coefficient (Wildman–Crippen LogP) is 2.60. The summed E-state index contributed by atoms with van der Waals surface area (Å²) in [5.74, 6) is 2.09. The van der Waals surface area contributed by atoms with E-state index in [4.69, 9.17) is 4.74 Å². The first-order chi connectivity index (χ1) is 12.5. The maximum Gasteiger partial charge on any atom is 0.255 e. The second-order valence-electron chi connectivity index (χ2n) is 8.68. The number of hydrogen-bond donors (Lipinski definition) is 0. The molecule has 1 aromatic heterocycles. The summed E-state index contributed by atoms with van der Waals surface area (Å²) >= 11 is 0. The van der Waals surface area contributed by atoms with E-state index in [0.29, 0.717) is 24.0 Å². The van der Waals surface area contributed by atoms with Gasteiger partial charge in [-0.3, -0.25) is 9.78 Å². The number of carbonyl (C=O) groups is 1. The van der Waals surface area contributed by atoms with Gasteiger partial charge in [-0.2, -0.15) is 0 Å². The SMILES string of the molecule is Cc1ncccc1C(=O)N1C[C@H]2C[C@@H](N(C)C)[C@H](OCC3CC3)C[C@H]2C1. The van der Waals surface area contributed by atoms with Crippen LogP contribution in [0.15, 0.2) is 18.3 Å². The van der Waals surface area contributed by atoms with Crippen molar-refractivity contribution >= 4 is 5.91 Å². The molecule has 4 rings (SSSR count). The van der Waals surface area contributed by atoms with Crippen LogP contribution in [0.4, 0.5) is 0 Å². The van der Waals surface area contributed by atoms with Gasteiger partial charge in [-0.05, 0) is 76.6 Å². The Kier molecular flexibility index (Phi) is 5.02. The van der Waals surface area contributed by atoms with Crippen LogP contribution in [0.2, 0.25) is 0 Å². The van der Waals surface area contributed by atoms with E-state index in [2.05, 4.69) is 28.9 Å². The van der Waals surface area contributed by atoms with E-state index in [9.17, 15) is 4.79 Å². The molecule has 1 amide bonds. The van der Waals surface area contributed by atoms with Gasteiger partial charge < -0.3 is 14.5 Å². The van der Waals surface area contributed by atoms with Crippen molar-refractivity contribution in [1.29, 1.82) is 0 Å². The lowest BCUT2D eigenvalue weighted by atomic mass is 9.77. The van der Waals surface area contributed by atoms with Crippen LogP contribution >= 0.6 is 0 Å². The van der Waals surface area contributed by atoms with Gasteiger partial charge in [0.25, 0.3) is 5.91 Å². The number of rotatable bonds is 5. The predicted molar refractivity (Wildman–Crippen MR) is 101 cm³/mol. The average Bonchev–Trinajstić information content (AvgIpc) is 3.36. The Morgan fingerprint density at radius 2 is 2.00 bits per heavy atom. The Bertz CT molecular complexity index is 658. The summed E-state index contributed by atoms with van der Waals surface area (Å²) in [6.07, 6.45) is 6.93. The molecule has 3 fully saturated rings. The molecule has 1 aliphatic heterocycles. The summed E-state index contributed by atoms with van der Waals surface area (Å²) < 4.78 is 6.33. The summed E-state index contributed by atoms with van der Waals surface area (Å²) in [4.78, 5) is 21.6. The summed E-state index contributed by atoms with van der Waals surface area (Å²) in [6, 6.07) is 4.22. The number of carbonyl (C=O) groups excluding carboxylic acids is 1. The van der Waals surface area contributed by atoms with E-state index in [1.54, 1.807) is 6.20 Å². The van der Waals surface area contributed by atoms with E-state index < -0.39 is 0 Å².